The van der Waals surface area contributed by atoms with Gasteiger partial charge in [-0.25, -0.2) is 0 Å². The fourth-order valence-corrected chi connectivity index (χ4v) is 2.62. The molecule has 4 nitrogen and oxygen atoms in total. The van der Waals surface area contributed by atoms with Gasteiger partial charge in [0.1, 0.15) is 5.75 Å². The van der Waals surface area contributed by atoms with E-state index in [0.29, 0.717) is 28.8 Å². The third-order valence-corrected chi connectivity index (χ3v) is 3.81. The van der Waals surface area contributed by atoms with Crippen molar-refractivity contribution in [3.05, 3.63) is 46.0 Å². The van der Waals surface area contributed by atoms with Crippen LogP contribution in [0, 0.1) is 13.8 Å². The quantitative estimate of drug-likeness (QED) is 0.900. The maximum absolute atomic E-state index is 9.79. The Kier molecular flexibility index (Phi) is 3.55. The van der Waals surface area contributed by atoms with Gasteiger partial charge < -0.3 is 19.9 Å². The second-order valence-corrected chi connectivity index (χ2v) is 5.52. The fourth-order valence-electron chi connectivity index (χ4n) is 2.40. The van der Waals surface area contributed by atoms with Crippen molar-refractivity contribution >= 4 is 17.3 Å². The summed E-state index contributed by atoms with van der Waals surface area (Å²) in [5.74, 6) is 1.71. The third kappa shape index (κ3) is 2.72. The standard InChI is InChI=1S/C16H16ClNO3/c1-9-3-11(4-10(2)16(9)19)7-18-13-6-15-14(5-12(13)17)20-8-21-15/h3-6,18-19H,7-8H2,1-2H3. The summed E-state index contributed by atoms with van der Waals surface area (Å²) in [7, 11) is 0. The molecule has 2 aromatic rings. The van der Waals surface area contributed by atoms with E-state index in [0.717, 1.165) is 22.4 Å². The number of aryl methyl sites for hydroxylation is 2. The minimum absolute atomic E-state index is 0.228. The van der Waals surface area contributed by atoms with Gasteiger partial charge in [-0.05, 0) is 30.5 Å². The third-order valence-electron chi connectivity index (χ3n) is 3.50. The summed E-state index contributed by atoms with van der Waals surface area (Å²) in [6.45, 7) is 4.62. The van der Waals surface area contributed by atoms with Crippen molar-refractivity contribution in [1.82, 2.24) is 0 Å². The van der Waals surface area contributed by atoms with Crippen LogP contribution in [0.15, 0.2) is 24.3 Å². The summed E-state index contributed by atoms with van der Waals surface area (Å²) in [6.07, 6.45) is 0. The molecule has 0 unspecified atom stereocenters. The van der Waals surface area contributed by atoms with Crippen LogP contribution >= 0.6 is 11.6 Å². The van der Waals surface area contributed by atoms with Crippen LogP contribution < -0.4 is 14.8 Å². The van der Waals surface area contributed by atoms with E-state index in [1.165, 1.54) is 0 Å². The largest absolute Gasteiger partial charge is 0.507 e. The molecule has 0 atom stereocenters. The first-order valence-corrected chi connectivity index (χ1v) is 7.04. The molecule has 110 valence electrons. The minimum atomic E-state index is 0.228. The Bertz CT molecular complexity index is 677. The van der Waals surface area contributed by atoms with E-state index in [1.54, 1.807) is 6.07 Å². The molecule has 1 heterocycles. The number of hydrogen-bond donors (Lipinski definition) is 2. The predicted molar refractivity (Wildman–Crippen MR) is 82.5 cm³/mol. The topological polar surface area (TPSA) is 50.7 Å². The lowest BCUT2D eigenvalue weighted by atomic mass is 10.1. The molecular weight excluding hydrogens is 290 g/mol. The molecular formula is C16H16ClNO3. The van der Waals surface area contributed by atoms with E-state index < -0.39 is 0 Å². The molecule has 0 radical (unpaired) electrons. The van der Waals surface area contributed by atoms with E-state index in [4.69, 9.17) is 21.1 Å². The number of nitrogens with one attached hydrogen (secondary N) is 1. The maximum atomic E-state index is 9.79. The van der Waals surface area contributed by atoms with Gasteiger partial charge in [-0.3, -0.25) is 0 Å². The van der Waals surface area contributed by atoms with Crippen molar-refractivity contribution in [2.24, 2.45) is 0 Å². The van der Waals surface area contributed by atoms with Gasteiger partial charge in [0.25, 0.3) is 0 Å². The first-order chi connectivity index (χ1) is 10.0. The van der Waals surface area contributed by atoms with Crippen LogP contribution in [0.5, 0.6) is 17.2 Å². The summed E-state index contributed by atoms with van der Waals surface area (Å²) < 4.78 is 10.6. The van der Waals surface area contributed by atoms with Crippen molar-refractivity contribution < 1.29 is 14.6 Å². The van der Waals surface area contributed by atoms with Crippen LogP contribution in [0.3, 0.4) is 0 Å². The highest BCUT2D eigenvalue weighted by atomic mass is 35.5. The van der Waals surface area contributed by atoms with Crippen molar-refractivity contribution in [2.45, 2.75) is 20.4 Å². The molecule has 2 N–H and O–H groups in total. The second kappa shape index (κ2) is 5.37. The number of hydrogen-bond acceptors (Lipinski definition) is 4. The summed E-state index contributed by atoms with van der Waals surface area (Å²) >= 11 is 6.22. The summed E-state index contributed by atoms with van der Waals surface area (Å²) in [6, 6.07) is 7.50. The molecule has 0 saturated heterocycles. The average molecular weight is 306 g/mol. The molecule has 0 fully saturated rings. The lowest BCUT2D eigenvalue weighted by Crippen LogP contribution is -2.01. The average Bonchev–Trinajstić information content (AvgIpc) is 2.89. The molecule has 0 aliphatic carbocycles. The van der Waals surface area contributed by atoms with Crippen LogP contribution in [0.2, 0.25) is 5.02 Å². The van der Waals surface area contributed by atoms with Gasteiger partial charge in [0.2, 0.25) is 6.79 Å². The van der Waals surface area contributed by atoms with Crippen molar-refractivity contribution in [3.63, 3.8) is 0 Å². The highest BCUT2D eigenvalue weighted by Gasteiger charge is 2.16. The van der Waals surface area contributed by atoms with Gasteiger partial charge in [0.15, 0.2) is 11.5 Å². The number of aromatic hydroxyl groups is 1. The molecule has 1 aliphatic heterocycles. The normalized spacial score (nSPS) is 12.5. The minimum Gasteiger partial charge on any atom is -0.507 e. The Morgan fingerprint density at radius 2 is 1.71 bits per heavy atom. The number of ether oxygens (including phenoxy) is 2. The Hall–Kier alpha value is -2.07. The Balaban J connectivity index is 1.79. The summed E-state index contributed by atoms with van der Waals surface area (Å²) in [4.78, 5) is 0. The van der Waals surface area contributed by atoms with Crippen molar-refractivity contribution in [1.29, 1.82) is 0 Å². The molecule has 0 spiro atoms. The molecule has 0 bridgehead atoms. The zero-order valence-corrected chi connectivity index (χ0v) is 12.6. The molecule has 5 heteroatoms. The van der Waals surface area contributed by atoms with Crippen LogP contribution in [-0.2, 0) is 6.54 Å². The highest BCUT2D eigenvalue weighted by molar-refractivity contribution is 6.33. The van der Waals surface area contributed by atoms with E-state index in [2.05, 4.69) is 5.32 Å². The Morgan fingerprint density at radius 1 is 1.10 bits per heavy atom. The number of rotatable bonds is 3. The van der Waals surface area contributed by atoms with Crippen LogP contribution in [-0.4, -0.2) is 11.9 Å². The number of phenols is 1. The van der Waals surface area contributed by atoms with E-state index in [9.17, 15) is 5.11 Å². The van der Waals surface area contributed by atoms with E-state index in [-0.39, 0.29) is 6.79 Å². The predicted octanol–water partition coefficient (Wildman–Crippen LogP) is 4.00. The maximum Gasteiger partial charge on any atom is 0.231 e. The van der Waals surface area contributed by atoms with Crippen LogP contribution in [0.4, 0.5) is 5.69 Å². The van der Waals surface area contributed by atoms with Gasteiger partial charge in [-0.1, -0.05) is 23.7 Å². The van der Waals surface area contributed by atoms with Gasteiger partial charge in [-0.15, -0.1) is 0 Å². The van der Waals surface area contributed by atoms with Crippen molar-refractivity contribution in [2.75, 3.05) is 12.1 Å². The zero-order valence-electron chi connectivity index (χ0n) is 11.9. The second-order valence-electron chi connectivity index (χ2n) is 5.12. The summed E-state index contributed by atoms with van der Waals surface area (Å²) in [5, 5.41) is 13.7. The number of anilines is 1. The Morgan fingerprint density at radius 3 is 2.38 bits per heavy atom. The molecule has 1 aliphatic rings. The summed E-state index contributed by atoms with van der Waals surface area (Å²) in [5.41, 5.74) is 3.60. The van der Waals surface area contributed by atoms with Crippen LogP contribution in [0.25, 0.3) is 0 Å². The number of phenolic OH excluding ortho intramolecular Hbond substituents is 1. The van der Waals surface area contributed by atoms with Gasteiger partial charge in [-0.2, -0.15) is 0 Å². The fraction of sp³-hybridized carbons (Fsp3) is 0.250. The molecule has 21 heavy (non-hydrogen) atoms. The van der Waals surface area contributed by atoms with Crippen LogP contribution in [0.1, 0.15) is 16.7 Å². The molecule has 2 aromatic carbocycles. The first kappa shape index (κ1) is 13.9. The SMILES string of the molecule is Cc1cc(CNc2cc3c(cc2Cl)OCO3)cc(C)c1O. The van der Waals surface area contributed by atoms with E-state index >= 15 is 0 Å². The van der Waals surface area contributed by atoms with Crippen molar-refractivity contribution in [3.8, 4) is 17.2 Å². The van der Waals surface area contributed by atoms with Gasteiger partial charge in [0, 0.05) is 18.7 Å². The smallest absolute Gasteiger partial charge is 0.231 e. The Labute approximate surface area is 128 Å². The lowest BCUT2D eigenvalue weighted by Gasteiger charge is -2.12. The zero-order chi connectivity index (χ0) is 15.0. The molecule has 0 aromatic heterocycles. The number of halogens is 1. The first-order valence-electron chi connectivity index (χ1n) is 6.66. The molecule has 0 amide bonds. The highest BCUT2D eigenvalue weighted by Crippen LogP contribution is 2.39. The van der Waals surface area contributed by atoms with Gasteiger partial charge in [0.05, 0.1) is 10.7 Å². The number of benzene rings is 2. The molecule has 3 rings (SSSR count). The van der Waals surface area contributed by atoms with E-state index in [1.807, 2.05) is 32.0 Å². The number of fused-ring (bicyclic) bond motifs is 1. The lowest BCUT2D eigenvalue weighted by molar-refractivity contribution is 0.174. The monoisotopic (exact) mass is 305 g/mol. The van der Waals surface area contributed by atoms with Gasteiger partial charge >= 0.3 is 0 Å². The molecule has 0 saturated carbocycles.